The first-order valence-corrected chi connectivity index (χ1v) is 10.2. The summed E-state index contributed by atoms with van der Waals surface area (Å²) >= 11 is 0. The van der Waals surface area contributed by atoms with Crippen LogP contribution in [-0.2, 0) is 12.8 Å². The van der Waals surface area contributed by atoms with E-state index in [1.54, 1.807) is 0 Å². The molecule has 28 heavy (non-hydrogen) atoms. The molecule has 0 amide bonds. The summed E-state index contributed by atoms with van der Waals surface area (Å²) in [7, 11) is 3.99. The van der Waals surface area contributed by atoms with Crippen LogP contribution in [0.1, 0.15) is 48.7 Å². The van der Waals surface area contributed by atoms with Gasteiger partial charge in [0.15, 0.2) is 17.3 Å². The summed E-state index contributed by atoms with van der Waals surface area (Å²) in [5.74, 6) is 3.27. The monoisotopic (exact) mass is 378 g/mol. The highest BCUT2D eigenvalue weighted by atomic mass is 15.4. The van der Waals surface area contributed by atoms with Crippen LogP contribution in [0.2, 0.25) is 0 Å². The molecule has 8 nitrogen and oxygen atoms in total. The molecule has 0 radical (unpaired) electrons. The van der Waals surface area contributed by atoms with Crippen molar-refractivity contribution < 1.29 is 0 Å². The zero-order chi connectivity index (χ0) is 19.1. The highest BCUT2D eigenvalue weighted by Crippen LogP contribution is 2.30. The molecule has 0 saturated carbocycles. The van der Waals surface area contributed by atoms with Gasteiger partial charge in [-0.2, -0.15) is 9.61 Å². The molecule has 4 heterocycles. The molecule has 0 unspecified atom stereocenters. The summed E-state index contributed by atoms with van der Waals surface area (Å²) in [6.45, 7) is 1.92. The molecule has 2 aliphatic rings. The Morgan fingerprint density at radius 3 is 2.61 bits per heavy atom. The maximum absolute atomic E-state index is 4.72. The van der Waals surface area contributed by atoms with Crippen molar-refractivity contribution in [1.82, 2.24) is 30.0 Å². The number of rotatable bonds is 3. The Morgan fingerprint density at radius 1 is 0.964 bits per heavy atom. The number of piperidine rings is 1. The molecule has 1 aliphatic heterocycles. The molecule has 146 valence electrons. The highest BCUT2D eigenvalue weighted by Gasteiger charge is 2.26. The Balaban J connectivity index is 1.33. The van der Waals surface area contributed by atoms with E-state index in [0.29, 0.717) is 5.92 Å². The van der Waals surface area contributed by atoms with E-state index >= 15 is 0 Å². The third-order valence-electron chi connectivity index (χ3n) is 5.97. The van der Waals surface area contributed by atoms with Crippen molar-refractivity contribution >= 4 is 17.3 Å². The van der Waals surface area contributed by atoms with Crippen LogP contribution in [0.15, 0.2) is 18.2 Å². The molecule has 0 atom stereocenters. The van der Waals surface area contributed by atoms with Gasteiger partial charge >= 0.3 is 0 Å². The van der Waals surface area contributed by atoms with Gasteiger partial charge in [0, 0.05) is 33.1 Å². The Kier molecular flexibility index (Phi) is 4.33. The van der Waals surface area contributed by atoms with Gasteiger partial charge in [-0.15, -0.1) is 20.4 Å². The van der Waals surface area contributed by atoms with Gasteiger partial charge in [0.1, 0.15) is 5.82 Å². The first-order valence-electron chi connectivity index (χ1n) is 10.2. The van der Waals surface area contributed by atoms with Gasteiger partial charge in [-0.25, -0.2) is 0 Å². The van der Waals surface area contributed by atoms with Gasteiger partial charge < -0.3 is 9.80 Å². The summed E-state index contributed by atoms with van der Waals surface area (Å²) in [5.41, 5.74) is 3.40. The lowest BCUT2D eigenvalue weighted by molar-refractivity contribution is 0.473. The second-order valence-electron chi connectivity index (χ2n) is 8.06. The van der Waals surface area contributed by atoms with Crippen LogP contribution >= 0.6 is 0 Å². The molecule has 0 bridgehead atoms. The van der Waals surface area contributed by atoms with Crippen LogP contribution in [0.4, 0.5) is 11.6 Å². The van der Waals surface area contributed by atoms with E-state index < -0.39 is 0 Å². The van der Waals surface area contributed by atoms with Gasteiger partial charge in [0.05, 0.1) is 5.69 Å². The number of hydrogen-bond donors (Lipinski definition) is 0. The number of hydrogen-bond acceptors (Lipinski definition) is 7. The maximum Gasteiger partial charge on any atom is 0.178 e. The van der Waals surface area contributed by atoms with E-state index in [-0.39, 0.29) is 0 Å². The van der Waals surface area contributed by atoms with E-state index in [2.05, 4.69) is 31.4 Å². The van der Waals surface area contributed by atoms with Crippen molar-refractivity contribution in [3.05, 3.63) is 35.3 Å². The zero-order valence-corrected chi connectivity index (χ0v) is 16.5. The lowest BCUT2D eigenvalue weighted by Gasteiger charge is -2.32. The molecule has 1 aliphatic carbocycles. The molecular weight excluding hydrogens is 352 g/mol. The fraction of sp³-hybridized carbons (Fsp3) is 0.550. The predicted octanol–water partition coefficient (Wildman–Crippen LogP) is 2.24. The Bertz CT molecular complexity index is 987. The molecule has 1 fully saturated rings. The van der Waals surface area contributed by atoms with Crippen molar-refractivity contribution in [3.63, 3.8) is 0 Å². The first kappa shape index (κ1) is 17.3. The van der Waals surface area contributed by atoms with Crippen molar-refractivity contribution in [2.75, 3.05) is 37.0 Å². The summed E-state index contributed by atoms with van der Waals surface area (Å²) in [6.07, 6.45) is 6.76. The van der Waals surface area contributed by atoms with Crippen molar-refractivity contribution in [3.8, 4) is 0 Å². The van der Waals surface area contributed by atoms with Gasteiger partial charge in [-0.1, -0.05) is 0 Å². The van der Waals surface area contributed by atoms with Crippen LogP contribution < -0.4 is 9.80 Å². The number of fused-ring (bicyclic) bond motifs is 2. The minimum absolute atomic E-state index is 0.363. The van der Waals surface area contributed by atoms with E-state index in [1.807, 2.05) is 35.6 Å². The van der Waals surface area contributed by atoms with E-state index in [1.165, 1.54) is 24.1 Å². The van der Waals surface area contributed by atoms with Gasteiger partial charge in [-0.3, -0.25) is 0 Å². The average molecular weight is 378 g/mol. The van der Waals surface area contributed by atoms with Gasteiger partial charge in [-0.05, 0) is 62.3 Å². The highest BCUT2D eigenvalue weighted by molar-refractivity contribution is 5.46. The van der Waals surface area contributed by atoms with E-state index in [9.17, 15) is 0 Å². The lowest BCUT2D eigenvalue weighted by atomic mass is 9.95. The second-order valence-corrected chi connectivity index (χ2v) is 8.06. The fourth-order valence-electron chi connectivity index (χ4n) is 4.29. The molecule has 8 heteroatoms. The maximum atomic E-state index is 4.72. The van der Waals surface area contributed by atoms with Gasteiger partial charge in [0.25, 0.3) is 0 Å². The molecule has 0 N–H and O–H groups in total. The van der Waals surface area contributed by atoms with Crippen molar-refractivity contribution in [2.45, 2.75) is 44.4 Å². The number of aromatic nitrogens is 6. The third-order valence-corrected chi connectivity index (χ3v) is 5.97. The molecule has 5 rings (SSSR count). The quantitative estimate of drug-likeness (QED) is 0.692. The lowest BCUT2D eigenvalue weighted by Crippen LogP contribution is -2.34. The summed E-state index contributed by atoms with van der Waals surface area (Å²) in [4.78, 5) is 4.36. The third kappa shape index (κ3) is 3.06. The first-order chi connectivity index (χ1) is 13.7. The standard InChI is InChI=1S/C20H26N8/c1-26(2)18-8-7-17-22-24-20(28(17)25-18)14-9-11-27(12-10-14)19-13-15-5-3-4-6-16(15)21-23-19/h7-8,13-14H,3-6,9-12H2,1-2H3. The van der Waals surface area contributed by atoms with Crippen molar-refractivity contribution in [2.24, 2.45) is 0 Å². The average Bonchev–Trinajstić information content (AvgIpc) is 3.17. The van der Waals surface area contributed by atoms with Crippen LogP contribution in [0.5, 0.6) is 0 Å². The molecule has 3 aromatic heterocycles. The molecular formula is C20H26N8. The summed E-state index contributed by atoms with van der Waals surface area (Å²) in [5, 5.41) is 22.5. The van der Waals surface area contributed by atoms with Crippen LogP contribution in [0, 0.1) is 0 Å². The second kappa shape index (κ2) is 7.00. The Morgan fingerprint density at radius 2 is 1.79 bits per heavy atom. The number of aryl methyl sites for hydroxylation is 2. The summed E-state index contributed by atoms with van der Waals surface area (Å²) in [6, 6.07) is 6.22. The van der Waals surface area contributed by atoms with Crippen LogP contribution in [-0.4, -0.2) is 57.2 Å². The normalized spacial score (nSPS) is 17.7. The van der Waals surface area contributed by atoms with Gasteiger partial charge in [0.2, 0.25) is 0 Å². The van der Waals surface area contributed by atoms with E-state index in [0.717, 1.165) is 61.9 Å². The van der Waals surface area contributed by atoms with Crippen LogP contribution in [0.3, 0.4) is 0 Å². The Labute approximate surface area is 164 Å². The molecule has 0 spiro atoms. The Hall–Kier alpha value is -2.77. The molecule has 3 aromatic rings. The zero-order valence-electron chi connectivity index (χ0n) is 16.5. The molecule has 0 aromatic carbocycles. The smallest absolute Gasteiger partial charge is 0.178 e. The predicted molar refractivity (Wildman–Crippen MR) is 108 cm³/mol. The van der Waals surface area contributed by atoms with Crippen molar-refractivity contribution in [1.29, 1.82) is 0 Å². The molecule has 1 saturated heterocycles. The largest absolute Gasteiger partial charge is 0.361 e. The van der Waals surface area contributed by atoms with E-state index in [4.69, 9.17) is 5.10 Å². The summed E-state index contributed by atoms with van der Waals surface area (Å²) < 4.78 is 1.91. The minimum atomic E-state index is 0.363. The minimum Gasteiger partial charge on any atom is -0.361 e. The fourth-order valence-corrected chi connectivity index (χ4v) is 4.29. The SMILES string of the molecule is CN(C)c1ccc2nnc(C3CCN(c4cc5c(nn4)CCCC5)CC3)n2n1. The number of nitrogens with zero attached hydrogens (tertiary/aromatic N) is 8. The topological polar surface area (TPSA) is 75.3 Å². The van der Waals surface area contributed by atoms with Crippen LogP contribution in [0.25, 0.3) is 5.65 Å². The number of anilines is 2.